The first-order valence-electron chi connectivity index (χ1n) is 10.1. The zero-order valence-corrected chi connectivity index (χ0v) is 17.6. The van der Waals surface area contributed by atoms with Crippen molar-refractivity contribution in [3.05, 3.63) is 0 Å². The number of hydrogen-bond acceptors (Lipinski definition) is 10. The fraction of sp³-hybridized carbons (Fsp3) is 1.00. The third-order valence-corrected chi connectivity index (χ3v) is 5.17. The van der Waals surface area contributed by atoms with Crippen molar-refractivity contribution >= 4 is 0 Å². The molecule has 0 aromatic heterocycles. The third-order valence-electron chi connectivity index (χ3n) is 5.17. The normalized spacial score (nSPS) is 37.8. The second-order valence-electron chi connectivity index (χ2n) is 7.53. The molecular formula is C19H34O10. The molecule has 10 nitrogen and oxygen atoms in total. The van der Waals surface area contributed by atoms with Crippen molar-refractivity contribution in [3.63, 3.8) is 0 Å². The van der Waals surface area contributed by atoms with Gasteiger partial charge in [-0.05, 0) is 13.8 Å². The van der Waals surface area contributed by atoms with Gasteiger partial charge in [-0.2, -0.15) is 0 Å². The highest BCUT2D eigenvalue weighted by molar-refractivity contribution is 5.06. The molecule has 1 aliphatic carbocycles. The molecule has 10 heteroatoms. The quantitative estimate of drug-likeness (QED) is 0.375. The Morgan fingerprint density at radius 1 is 0.724 bits per heavy atom. The van der Waals surface area contributed by atoms with Crippen molar-refractivity contribution in [3.8, 4) is 0 Å². The second-order valence-corrected chi connectivity index (χ2v) is 7.53. The minimum absolute atomic E-state index is 0.0230. The molecule has 4 unspecified atom stereocenters. The van der Waals surface area contributed by atoms with E-state index in [-0.39, 0.29) is 12.2 Å². The Morgan fingerprint density at radius 2 is 1.17 bits per heavy atom. The molecule has 170 valence electrons. The summed E-state index contributed by atoms with van der Waals surface area (Å²) in [4.78, 5) is 0. The molecule has 4 aliphatic rings. The van der Waals surface area contributed by atoms with Gasteiger partial charge in [0.1, 0.15) is 36.6 Å². The topological polar surface area (TPSA) is 103 Å². The number of rotatable bonds is 14. The molecule has 0 radical (unpaired) electrons. The minimum atomic E-state index is -0.858. The maximum absolute atomic E-state index is 10.6. The lowest BCUT2D eigenvalue weighted by molar-refractivity contribution is -0.486. The van der Waals surface area contributed by atoms with Crippen LogP contribution in [0.5, 0.6) is 0 Å². The number of aliphatic hydroxyl groups excluding tert-OH is 1. The van der Waals surface area contributed by atoms with Crippen LogP contribution in [0.25, 0.3) is 0 Å². The Kier molecular flexibility index (Phi) is 9.05. The highest BCUT2D eigenvalue weighted by atomic mass is 16.9. The van der Waals surface area contributed by atoms with E-state index in [2.05, 4.69) is 0 Å². The van der Waals surface area contributed by atoms with Gasteiger partial charge in [0, 0.05) is 14.2 Å². The Bertz CT molecular complexity index is 442. The lowest BCUT2D eigenvalue weighted by Crippen LogP contribution is -2.76. The monoisotopic (exact) mass is 422 g/mol. The van der Waals surface area contributed by atoms with Gasteiger partial charge in [0.05, 0.1) is 51.8 Å². The molecule has 1 saturated carbocycles. The maximum atomic E-state index is 10.6. The molecule has 0 aromatic rings. The second kappa shape index (κ2) is 11.3. The summed E-state index contributed by atoms with van der Waals surface area (Å²) in [5, 5.41) is 10.6. The number of hydrogen-bond donors (Lipinski definition) is 1. The van der Waals surface area contributed by atoms with Crippen LogP contribution in [0.4, 0.5) is 0 Å². The van der Waals surface area contributed by atoms with Gasteiger partial charge in [0.25, 0.3) is 6.48 Å². The first-order valence-corrected chi connectivity index (χ1v) is 10.1. The molecule has 0 amide bonds. The van der Waals surface area contributed by atoms with Gasteiger partial charge >= 0.3 is 0 Å². The fourth-order valence-electron chi connectivity index (χ4n) is 3.90. The standard InChI is InChI=1S/C19H34O10/c1-11(9-21-3)23-5-7-25-16-14-13(20)15-17(18(16)29-19(27-14)28-15)26-8-6-24-12(2)10-22-4/h11-20H,5-10H2,1-4H3/t11-,12-,13?,14?,15?,16?,17?,18?,19?/m1/s1. The van der Waals surface area contributed by atoms with Gasteiger partial charge in [-0.3, -0.25) is 0 Å². The molecular weight excluding hydrogens is 388 g/mol. The summed E-state index contributed by atoms with van der Waals surface area (Å²) < 4.78 is 50.3. The van der Waals surface area contributed by atoms with Gasteiger partial charge in [0.15, 0.2) is 0 Å². The SMILES string of the molecule is COC[C@@H](C)OCCOC1C2OC3OC(C2O)C(OCCO[C@H](C)COC)C1O3. The van der Waals surface area contributed by atoms with Gasteiger partial charge in [0.2, 0.25) is 0 Å². The van der Waals surface area contributed by atoms with E-state index in [1.807, 2.05) is 13.8 Å². The van der Waals surface area contributed by atoms with Crippen molar-refractivity contribution in [1.82, 2.24) is 0 Å². The molecule has 6 atom stereocenters. The van der Waals surface area contributed by atoms with Crippen molar-refractivity contribution in [2.45, 2.75) is 69.2 Å². The van der Waals surface area contributed by atoms with E-state index >= 15 is 0 Å². The average molecular weight is 422 g/mol. The fourth-order valence-corrected chi connectivity index (χ4v) is 3.90. The van der Waals surface area contributed by atoms with Crippen molar-refractivity contribution < 1.29 is 47.7 Å². The highest BCUT2D eigenvalue weighted by Crippen LogP contribution is 2.42. The smallest absolute Gasteiger partial charge is 0.272 e. The lowest BCUT2D eigenvalue weighted by atomic mass is 9.82. The first kappa shape index (κ1) is 23.3. The van der Waals surface area contributed by atoms with Crippen LogP contribution >= 0.6 is 0 Å². The first-order chi connectivity index (χ1) is 14.0. The molecule has 1 N–H and O–H groups in total. The summed E-state index contributed by atoms with van der Waals surface area (Å²) in [6, 6.07) is 0. The van der Waals surface area contributed by atoms with Crippen LogP contribution in [0.15, 0.2) is 0 Å². The summed E-state index contributed by atoms with van der Waals surface area (Å²) in [7, 11) is 3.26. The summed E-state index contributed by atoms with van der Waals surface area (Å²) in [5.41, 5.74) is 0. The lowest BCUT2D eigenvalue weighted by Gasteiger charge is -2.57. The predicted molar refractivity (Wildman–Crippen MR) is 98.5 cm³/mol. The van der Waals surface area contributed by atoms with Crippen LogP contribution in [0, 0.1) is 0 Å². The van der Waals surface area contributed by atoms with Crippen LogP contribution in [0.2, 0.25) is 0 Å². The number of ether oxygens (including phenoxy) is 9. The predicted octanol–water partition coefficient (Wildman–Crippen LogP) is -0.299. The van der Waals surface area contributed by atoms with Crippen LogP contribution < -0.4 is 0 Å². The summed E-state index contributed by atoms with van der Waals surface area (Å²) >= 11 is 0. The van der Waals surface area contributed by atoms with Crippen LogP contribution in [-0.2, 0) is 42.6 Å². The highest BCUT2D eigenvalue weighted by Gasteiger charge is 2.62. The van der Waals surface area contributed by atoms with Crippen molar-refractivity contribution in [2.24, 2.45) is 0 Å². The Balaban J connectivity index is 1.48. The van der Waals surface area contributed by atoms with E-state index in [4.69, 9.17) is 42.6 Å². The maximum Gasteiger partial charge on any atom is 0.272 e. The van der Waals surface area contributed by atoms with E-state index < -0.39 is 43.1 Å². The molecule has 0 spiro atoms. The summed E-state index contributed by atoms with van der Waals surface area (Å²) in [6.07, 6.45) is -3.28. The average Bonchev–Trinajstić information content (AvgIpc) is 2.69. The molecule has 4 rings (SSSR count). The summed E-state index contributed by atoms with van der Waals surface area (Å²) in [6.45, 7) is 5.57. The molecule has 0 aromatic carbocycles. The van der Waals surface area contributed by atoms with Crippen LogP contribution in [0.3, 0.4) is 0 Å². The summed E-state index contributed by atoms with van der Waals surface area (Å²) in [5.74, 6) is 0. The Labute approximate surface area is 171 Å². The van der Waals surface area contributed by atoms with Crippen LogP contribution in [0.1, 0.15) is 13.8 Å². The van der Waals surface area contributed by atoms with Gasteiger partial charge in [-0.25, -0.2) is 0 Å². The zero-order valence-electron chi connectivity index (χ0n) is 17.6. The molecule has 29 heavy (non-hydrogen) atoms. The van der Waals surface area contributed by atoms with Crippen molar-refractivity contribution in [1.29, 1.82) is 0 Å². The Morgan fingerprint density at radius 3 is 1.62 bits per heavy atom. The van der Waals surface area contributed by atoms with E-state index in [1.54, 1.807) is 14.2 Å². The Hall–Kier alpha value is -0.400. The zero-order chi connectivity index (χ0) is 20.8. The molecule has 3 heterocycles. The molecule has 4 fully saturated rings. The van der Waals surface area contributed by atoms with Crippen molar-refractivity contribution in [2.75, 3.05) is 53.9 Å². The largest absolute Gasteiger partial charge is 0.387 e. The molecule has 3 aliphatic heterocycles. The number of aliphatic hydroxyl groups is 1. The van der Waals surface area contributed by atoms with E-state index in [9.17, 15) is 5.11 Å². The van der Waals surface area contributed by atoms with Gasteiger partial charge in [-0.15, -0.1) is 0 Å². The van der Waals surface area contributed by atoms with Gasteiger partial charge < -0.3 is 47.7 Å². The van der Waals surface area contributed by atoms with Crippen LogP contribution in [-0.4, -0.2) is 114 Å². The van der Waals surface area contributed by atoms with E-state index in [1.165, 1.54) is 0 Å². The van der Waals surface area contributed by atoms with Gasteiger partial charge in [-0.1, -0.05) is 0 Å². The molecule has 4 bridgehead atoms. The third kappa shape index (κ3) is 5.85. The molecule has 3 saturated heterocycles. The van der Waals surface area contributed by atoms with E-state index in [0.717, 1.165) is 0 Å². The van der Waals surface area contributed by atoms with E-state index in [0.29, 0.717) is 39.6 Å². The minimum Gasteiger partial charge on any atom is -0.387 e. The number of methoxy groups -OCH3 is 2.